The van der Waals surface area contributed by atoms with Crippen molar-refractivity contribution in [1.29, 1.82) is 0 Å². The van der Waals surface area contributed by atoms with Gasteiger partial charge in [0.05, 0.1) is 0 Å². The van der Waals surface area contributed by atoms with Gasteiger partial charge in [-0.05, 0) is 61.2 Å². The highest BCUT2D eigenvalue weighted by Crippen LogP contribution is 2.24. The van der Waals surface area contributed by atoms with E-state index in [1.807, 2.05) is 24.3 Å². The molecule has 0 heterocycles. The van der Waals surface area contributed by atoms with E-state index in [0.29, 0.717) is 17.0 Å². The number of hydrogen-bond donors (Lipinski definition) is 1. The summed E-state index contributed by atoms with van der Waals surface area (Å²) < 4.78 is 10.6. The Morgan fingerprint density at radius 3 is 2.07 bits per heavy atom. The van der Waals surface area contributed by atoms with E-state index >= 15 is 0 Å². The lowest BCUT2D eigenvalue weighted by Gasteiger charge is -2.20. The van der Waals surface area contributed by atoms with Crippen molar-refractivity contribution in [2.24, 2.45) is 0 Å². The van der Waals surface area contributed by atoms with Crippen molar-refractivity contribution >= 4 is 23.3 Å². The minimum atomic E-state index is -0.849. The topological polar surface area (TPSA) is 81.7 Å². The van der Waals surface area contributed by atoms with E-state index in [-0.39, 0.29) is 11.2 Å². The fraction of sp³-hybridized carbons (Fsp3) is 0.348. The summed E-state index contributed by atoms with van der Waals surface area (Å²) >= 11 is 0. The minimum absolute atomic E-state index is 0.0306. The van der Waals surface area contributed by atoms with Crippen LogP contribution < -0.4 is 10.1 Å². The van der Waals surface area contributed by atoms with Crippen molar-refractivity contribution in [1.82, 2.24) is 0 Å². The Morgan fingerprint density at radius 1 is 0.966 bits per heavy atom. The van der Waals surface area contributed by atoms with Crippen molar-refractivity contribution in [3.8, 4) is 5.75 Å². The van der Waals surface area contributed by atoms with Gasteiger partial charge in [-0.15, -0.1) is 0 Å². The molecular weight excluding hydrogens is 370 g/mol. The zero-order chi connectivity index (χ0) is 21.6. The van der Waals surface area contributed by atoms with Gasteiger partial charge in [0.15, 0.2) is 18.5 Å². The molecule has 0 bridgehead atoms. The number of nitrogens with one attached hydrogen (secondary N) is 1. The SMILES string of the molecule is CC(=O)c1ccc(NC(=O)COC(=O)[C@H](C)Oc2ccc(C(C)(C)C)cc2)cc1. The van der Waals surface area contributed by atoms with E-state index in [1.165, 1.54) is 6.92 Å². The van der Waals surface area contributed by atoms with Gasteiger partial charge in [0.25, 0.3) is 5.91 Å². The predicted molar refractivity (Wildman–Crippen MR) is 111 cm³/mol. The predicted octanol–water partition coefficient (Wildman–Crippen LogP) is 4.14. The minimum Gasteiger partial charge on any atom is -0.479 e. The molecule has 0 aromatic heterocycles. The van der Waals surface area contributed by atoms with Gasteiger partial charge in [-0.3, -0.25) is 9.59 Å². The van der Waals surface area contributed by atoms with Gasteiger partial charge in [-0.2, -0.15) is 0 Å². The van der Waals surface area contributed by atoms with Crippen molar-refractivity contribution in [2.75, 3.05) is 11.9 Å². The molecule has 2 rings (SSSR count). The van der Waals surface area contributed by atoms with Crippen LogP contribution in [0.2, 0.25) is 0 Å². The van der Waals surface area contributed by atoms with Crippen molar-refractivity contribution in [3.05, 3.63) is 59.7 Å². The lowest BCUT2D eigenvalue weighted by molar-refractivity contribution is -0.153. The molecule has 2 aromatic rings. The molecule has 0 radical (unpaired) electrons. The maximum absolute atomic E-state index is 12.1. The van der Waals surface area contributed by atoms with Crippen LogP contribution in [0.25, 0.3) is 0 Å². The summed E-state index contributed by atoms with van der Waals surface area (Å²) in [5.74, 6) is -0.612. The number of amides is 1. The summed E-state index contributed by atoms with van der Waals surface area (Å²) in [6, 6.07) is 14.0. The molecule has 6 nitrogen and oxygen atoms in total. The van der Waals surface area contributed by atoms with E-state index in [0.717, 1.165) is 5.56 Å². The molecule has 2 aromatic carbocycles. The van der Waals surface area contributed by atoms with Crippen molar-refractivity contribution in [2.45, 2.75) is 46.1 Å². The molecule has 0 aliphatic carbocycles. The molecular formula is C23H27NO5. The molecule has 29 heavy (non-hydrogen) atoms. The molecule has 0 aliphatic rings. The molecule has 0 spiro atoms. The van der Waals surface area contributed by atoms with Crippen LogP contribution in [0.15, 0.2) is 48.5 Å². The second-order valence-electron chi connectivity index (χ2n) is 7.82. The number of carbonyl (C=O) groups excluding carboxylic acids is 3. The van der Waals surface area contributed by atoms with Crippen LogP contribution in [0, 0.1) is 0 Å². The summed E-state index contributed by atoms with van der Waals surface area (Å²) in [4.78, 5) is 35.3. The summed E-state index contributed by atoms with van der Waals surface area (Å²) in [5.41, 5.74) is 2.26. The summed E-state index contributed by atoms with van der Waals surface area (Å²) in [5, 5.41) is 2.60. The van der Waals surface area contributed by atoms with Gasteiger partial charge in [0, 0.05) is 11.3 Å². The van der Waals surface area contributed by atoms with Crippen LogP contribution in [0.5, 0.6) is 5.75 Å². The van der Waals surface area contributed by atoms with E-state index in [2.05, 4.69) is 26.1 Å². The third-order valence-electron chi connectivity index (χ3n) is 4.29. The van der Waals surface area contributed by atoms with Crippen molar-refractivity contribution < 1.29 is 23.9 Å². The molecule has 0 saturated heterocycles. The van der Waals surface area contributed by atoms with E-state index in [4.69, 9.17) is 9.47 Å². The molecule has 0 unspecified atom stereocenters. The lowest BCUT2D eigenvalue weighted by Crippen LogP contribution is -2.29. The molecule has 0 fully saturated rings. The Morgan fingerprint density at radius 2 is 1.55 bits per heavy atom. The average Bonchev–Trinajstić information content (AvgIpc) is 2.66. The van der Waals surface area contributed by atoms with Crippen LogP contribution in [-0.4, -0.2) is 30.4 Å². The van der Waals surface area contributed by atoms with E-state index in [9.17, 15) is 14.4 Å². The summed E-state index contributed by atoms with van der Waals surface area (Å²) in [6.45, 7) is 8.96. The third-order valence-corrected chi connectivity index (χ3v) is 4.29. The number of esters is 1. The monoisotopic (exact) mass is 397 g/mol. The zero-order valence-corrected chi connectivity index (χ0v) is 17.4. The summed E-state index contributed by atoms with van der Waals surface area (Å²) in [7, 11) is 0. The Hall–Kier alpha value is -3.15. The highest BCUT2D eigenvalue weighted by molar-refractivity contribution is 5.96. The van der Waals surface area contributed by atoms with Crippen LogP contribution >= 0.6 is 0 Å². The van der Waals surface area contributed by atoms with Gasteiger partial charge in [-0.25, -0.2) is 4.79 Å². The highest BCUT2D eigenvalue weighted by atomic mass is 16.6. The Balaban J connectivity index is 1.81. The van der Waals surface area contributed by atoms with Gasteiger partial charge < -0.3 is 14.8 Å². The standard InChI is InChI=1S/C23H27NO5/c1-15(25)17-6-10-19(11-7-17)24-21(26)14-28-22(27)16(2)29-20-12-8-18(9-13-20)23(3,4)5/h6-13,16H,14H2,1-5H3,(H,24,26)/t16-/m0/s1. The number of anilines is 1. The largest absolute Gasteiger partial charge is 0.479 e. The number of ether oxygens (including phenoxy) is 2. The normalized spacial score (nSPS) is 12.0. The number of carbonyl (C=O) groups is 3. The Bertz CT molecular complexity index is 864. The van der Waals surface area contributed by atoms with Crippen LogP contribution in [-0.2, 0) is 19.7 Å². The fourth-order valence-corrected chi connectivity index (χ4v) is 2.53. The molecule has 154 valence electrons. The Kier molecular flexibility index (Phi) is 7.15. The van der Waals surface area contributed by atoms with E-state index in [1.54, 1.807) is 31.2 Å². The highest BCUT2D eigenvalue weighted by Gasteiger charge is 2.19. The molecule has 1 amide bonds. The number of hydrogen-bond acceptors (Lipinski definition) is 5. The molecule has 1 N–H and O–H groups in total. The smallest absolute Gasteiger partial charge is 0.347 e. The second-order valence-corrected chi connectivity index (χ2v) is 7.82. The fourth-order valence-electron chi connectivity index (χ4n) is 2.53. The number of Topliss-reactive ketones (excluding diaryl/α,β-unsaturated/α-hetero) is 1. The quantitative estimate of drug-likeness (QED) is 0.561. The molecule has 6 heteroatoms. The van der Waals surface area contributed by atoms with Gasteiger partial charge in [0.1, 0.15) is 5.75 Å². The first-order chi connectivity index (χ1) is 13.6. The molecule has 0 saturated carbocycles. The molecule has 0 aliphatic heterocycles. The van der Waals surface area contributed by atoms with Gasteiger partial charge in [0.2, 0.25) is 0 Å². The molecule has 1 atom stereocenters. The Labute approximate surface area is 171 Å². The zero-order valence-electron chi connectivity index (χ0n) is 17.4. The maximum atomic E-state index is 12.1. The third kappa shape index (κ3) is 6.75. The van der Waals surface area contributed by atoms with Gasteiger partial charge in [-0.1, -0.05) is 32.9 Å². The number of rotatable bonds is 7. The average molecular weight is 397 g/mol. The summed E-state index contributed by atoms with van der Waals surface area (Å²) in [6.07, 6.45) is -0.849. The lowest BCUT2D eigenvalue weighted by atomic mass is 9.87. The van der Waals surface area contributed by atoms with Crippen molar-refractivity contribution in [3.63, 3.8) is 0 Å². The maximum Gasteiger partial charge on any atom is 0.347 e. The first kappa shape index (κ1) is 22.1. The van der Waals surface area contributed by atoms with Crippen LogP contribution in [0.3, 0.4) is 0 Å². The number of benzene rings is 2. The first-order valence-corrected chi connectivity index (χ1v) is 9.41. The second kappa shape index (κ2) is 9.37. The van der Waals surface area contributed by atoms with E-state index < -0.39 is 24.6 Å². The number of ketones is 1. The van der Waals surface area contributed by atoms with Crippen LogP contribution in [0.4, 0.5) is 5.69 Å². The van der Waals surface area contributed by atoms with Crippen LogP contribution in [0.1, 0.15) is 50.5 Å². The first-order valence-electron chi connectivity index (χ1n) is 9.41. The van der Waals surface area contributed by atoms with Gasteiger partial charge >= 0.3 is 5.97 Å².